The van der Waals surface area contributed by atoms with E-state index in [0.717, 1.165) is 0 Å². The summed E-state index contributed by atoms with van der Waals surface area (Å²) in [7, 11) is -1.94. The minimum absolute atomic E-state index is 0.107. The zero-order valence-corrected chi connectivity index (χ0v) is 16.4. The van der Waals surface area contributed by atoms with E-state index in [1.54, 1.807) is 0 Å². The molecule has 8 heteroatoms. The molecule has 0 aromatic heterocycles. The minimum atomic E-state index is -1.94. The van der Waals surface area contributed by atoms with Crippen LogP contribution in [0.4, 0.5) is 0 Å². The Balaban J connectivity index is 2.17. The van der Waals surface area contributed by atoms with E-state index in [2.05, 4.69) is 43.9 Å². The van der Waals surface area contributed by atoms with Crippen molar-refractivity contribution in [3.63, 3.8) is 0 Å². The topological polar surface area (TPSA) is 85.7 Å². The second-order valence-electron chi connectivity index (χ2n) is 8.34. The standard InChI is InChI=1S/C15H29N3O4Si/c1-9(22-23(7,8)14(2,3)4)10-11-12(13(19-10)17-18-16)21-15(5,6)20-11/h9-13H,1-8H3/t9-,10-,11-,12-,13+/m1/s1. The van der Waals surface area contributed by atoms with E-state index in [1.807, 2.05) is 20.8 Å². The summed E-state index contributed by atoms with van der Waals surface area (Å²) in [5.41, 5.74) is 8.75. The van der Waals surface area contributed by atoms with Gasteiger partial charge in [0.25, 0.3) is 0 Å². The Morgan fingerprint density at radius 2 is 1.78 bits per heavy atom. The number of hydrogen-bond donors (Lipinski definition) is 0. The quantitative estimate of drug-likeness (QED) is 0.335. The maximum atomic E-state index is 8.75. The maximum absolute atomic E-state index is 8.75. The zero-order valence-electron chi connectivity index (χ0n) is 15.4. The molecule has 0 aliphatic carbocycles. The van der Waals surface area contributed by atoms with Crippen LogP contribution in [0.15, 0.2) is 5.11 Å². The lowest BCUT2D eigenvalue weighted by atomic mass is 10.1. The summed E-state index contributed by atoms with van der Waals surface area (Å²) < 4.78 is 24.2. The van der Waals surface area contributed by atoms with Crippen LogP contribution in [0.1, 0.15) is 41.5 Å². The summed E-state index contributed by atoms with van der Waals surface area (Å²) in [6.07, 6.45) is -1.84. The van der Waals surface area contributed by atoms with Crippen molar-refractivity contribution < 1.29 is 18.6 Å². The Bertz CT molecular complexity index is 499. The number of azide groups is 1. The molecule has 132 valence electrons. The number of rotatable bonds is 4. The van der Waals surface area contributed by atoms with E-state index in [1.165, 1.54) is 0 Å². The van der Waals surface area contributed by atoms with Crippen LogP contribution in [-0.2, 0) is 18.6 Å². The first kappa shape index (κ1) is 18.7. The molecule has 0 aromatic rings. The molecule has 2 heterocycles. The Morgan fingerprint density at radius 3 is 2.30 bits per heavy atom. The van der Waals surface area contributed by atoms with Crippen molar-refractivity contribution in [1.82, 2.24) is 0 Å². The highest BCUT2D eigenvalue weighted by Gasteiger charge is 2.57. The predicted octanol–water partition coefficient (Wildman–Crippen LogP) is 3.95. The highest BCUT2D eigenvalue weighted by Crippen LogP contribution is 2.43. The average Bonchev–Trinajstić information content (AvgIpc) is 2.82. The third-order valence-electron chi connectivity index (χ3n) is 4.98. The number of fused-ring (bicyclic) bond motifs is 1. The molecule has 0 bridgehead atoms. The lowest BCUT2D eigenvalue weighted by molar-refractivity contribution is -0.194. The highest BCUT2D eigenvalue weighted by atomic mass is 28.4. The summed E-state index contributed by atoms with van der Waals surface area (Å²) in [5.74, 6) is -0.711. The van der Waals surface area contributed by atoms with E-state index in [4.69, 9.17) is 24.2 Å². The normalized spacial score (nSPS) is 34.8. The molecule has 0 aromatic carbocycles. The van der Waals surface area contributed by atoms with Crippen molar-refractivity contribution in [3.05, 3.63) is 10.4 Å². The largest absolute Gasteiger partial charge is 0.411 e. The van der Waals surface area contributed by atoms with Gasteiger partial charge >= 0.3 is 0 Å². The van der Waals surface area contributed by atoms with Crippen molar-refractivity contribution in [3.8, 4) is 0 Å². The lowest BCUT2D eigenvalue weighted by Crippen LogP contribution is -2.48. The average molecular weight is 344 g/mol. The molecule has 2 aliphatic heterocycles. The van der Waals surface area contributed by atoms with Crippen molar-refractivity contribution in [2.24, 2.45) is 5.11 Å². The summed E-state index contributed by atoms with van der Waals surface area (Å²) in [5, 5.41) is 3.83. The van der Waals surface area contributed by atoms with Crippen molar-refractivity contribution in [2.45, 2.75) is 96.1 Å². The molecular weight excluding hydrogens is 314 g/mol. The molecule has 5 atom stereocenters. The van der Waals surface area contributed by atoms with E-state index >= 15 is 0 Å². The summed E-state index contributed by atoms with van der Waals surface area (Å²) in [6, 6.07) is 0. The molecule has 0 amide bonds. The van der Waals surface area contributed by atoms with Gasteiger partial charge in [-0.25, -0.2) is 0 Å². The minimum Gasteiger partial charge on any atom is -0.411 e. The monoisotopic (exact) mass is 343 g/mol. The predicted molar refractivity (Wildman–Crippen MR) is 89.4 cm³/mol. The second-order valence-corrected chi connectivity index (χ2v) is 13.1. The van der Waals surface area contributed by atoms with Gasteiger partial charge in [-0.1, -0.05) is 25.9 Å². The van der Waals surface area contributed by atoms with Gasteiger partial charge in [-0.05, 0) is 44.4 Å². The van der Waals surface area contributed by atoms with Gasteiger partial charge in [-0.3, -0.25) is 0 Å². The van der Waals surface area contributed by atoms with Crippen LogP contribution in [0.3, 0.4) is 0 Å². The van der Waals surface area contributed by atoms with Gasteiger partial charge < -0.3 is 18.6 Å². The van der Waals surface area contributed by atoms with Crippen LogP contribution in [0.5, 0.6) is 0 Å². The molecule has 7 nitrogen and oxygen atoms in total. The zero-order chi connectivity index (χ0) is 17.6. The van der Waals surface area contributed by atoms with E-state index < -0.39 is 26.4 Å². The lowest BCUT2D eigenvalue weighted by Gasteiger charge is -2.40. The van der Waals surface area contributed by atoms with Gasteiger partial charge in [-0.2, -0.15) is 0 Å². The molecule has 0 radical (unpaired) electrons. The Labute approximate surface area is 139 Å². The highest BCUT2D eigenvalue weighted by molar-refractivity contribution is 6.74. The van der Waals surface area contributed by atoms with Gasteiger partial charge in [0, 0.05) is 4.91 Å². The van der Waals surface area contributed by atoms with Crippen LogP contribution in [0.2, 0.25) is 18.1 Å². The summed E-state index contributed by atoms with van der Waals surface area (Å²) in [4.78, 5) is 2.87. The van der Waals surface area contributed by atoms with Crippen molar-refractivity contribution in [2.75, 3.05) is 0 Å². The molecule has 0 spiro atoms. The molecule has 0 saturated carbocycles. The SMILES string of the molecule is C[C@@H](O[Si](C)(C)C(C)(C)C)[C@H]1O[C@H](N=[N+]=[N-])[C@@H]2OC(C)(C)O[C@@H]21. The molecule has 0 N–H and O–H groups in total. The molecule has 2 rings (SSSR count). The fraction of sp³-hybridized carbons (Fsp3) is 1.00. The van der Waals surface area contributed by atoms with Gasteiger partial charge in [0.15, 0.2) is 20.3 Å². The molecule has 23 heavy (non-hydrogen) atoms. The fourth-order valence-corrected chi connectivity index (χ4v) is 4.25. The summed E-state index contributed by atoms with van der Waals surface area (Å²) >= 11 is 0. The first-order valence-electron chi connectivity index (χ1n) is 8.11. The van der Waals surface area contributed by atoms with Crippen LogP contribution >= 0.6 is 0 Å². The third-order valence-corrected chi connectivity index (χ3v) is 9.55. The first-order chi connectivity index (χ1) is 10.4. The van der Waals surface area contributed by atoms with Crippen molar-refractivity contribution >= 4 is 8.32 Å². The van der Waals surface area contributed by atoms with Gasteiger partial charge in [0.05, 0.1) is 6.10 Å². The number of hydrogen-bond acceptors (Lipinski definition) is 5. The maximum Gasteiger partial charge on any atom is 0.192 e. The molecule has 2 fully saturated rings. The van der Waals surface area contributed by atoms with Gasteiger partial charge in [0.1, 0.15) is 18.3 Å². The Hall–Kier alpha value is -0.633. The first-order valence-corrected chi connectivity index (χ1v) is 11.0. The number of nitrogens with zero attached hydrogens (tertiary/aromatic N) is 3. The second kappa shape index (κ2) is 6.02. The van der Waals surface area contributed by atoms with E-state index in [0.29, 0.717) is 0 Å². The Morgan fingerprint density at radius 1 is 1.22 bits per heavy atom. The third kappa shape index (κ3) is 3.73. The van der Waals surface area contributed by atoms with Crippen LogP contribution in [0, 0.1) is 0 Å². The Kier molecular flexibility index (Phi) is 4.90. The smallest absolute Gasteiger partial charge is 0.192 e. The molecule has 2 saturated heterocycles. The van der Waals surface area contributed by atoms with E-state index in [9.17, 15) is 0 Å². The van der Waals surface area contributed by atoms with Crippen LogP contribution in [-0.4, -0.2) is 44.7 Å². The van der Waals surface area contributed by atoms with Crippen molar-refractivity contribution in [1.29, 1.82) is 0 Å². The van der Waals surface area contributed by atoms with Crippen LogP contribution < -0.4 is 0 Å². The number of ether oxygens (including phenoxy) is 3. The molecular formula is C15H29N3O4Si. The van der Waals surface area contributed by atoms with Gasteiger partial charge in [0.2, 0.25) is 0 Å². The van der Waals surface area contributed by atoms with Gasteiger partial charge in [-0.15, -0.1) is 0 Å². The van der Waals surface area contributed by atoms with E-state index in [-0.39, 0.29) is 23.4 Å². The molecule has 2 aliphatic rings. The fourth-order valence-electron chi connectivity index (χ4n) is 2.84. The summed E-state index contributed by atoms with van der Waals surface area (Å²) in [6.45, 7) is 16.7. The molecule has 0 unspecified atom stereocenters. The van der Waals surface area contributed by atoms with Crippen LogP contribution in [0.25, 0.3) is 10.4 Å².